The number of aliphatic hydroxyl groups is 1. The van der Waals surface area contributed by atoms with Crippen LogP contribution in [0.1, 0.15) is 59.8 Å². The second kappa shape index (κ2) is 9.80. The number of hydrogen-bond donors (Lipinski definition) is 1. The van der Waals surface area contributed by atoms with Crippen molar-refractivity contribution in [3.63, 3.8) is 0 Å². The van der Waals surface area contributed by atoms with Crippen LogP contribution in [0.15, 0.2) is 11.6 Å². The zero-order chi connectivity index (χ0) is 25.4. The number of fused-ring (bicyclic) bond motifs is 3. The van der Waals surface area contributed by atoms with E-state index in [2.05, 4.69) is 6.92 Å². The third kappa shape index (κ3) is 4.41. The van der Waals surface area contributed by atoms with Gasteiger partial charge < -0.3 is 19.5 Å². The Bertz CT molecular complexity index is 882. The molecule has 0 radical (unpaired) electrons. The fourth-order valence-electron chi connectivity index (χ4n) is 7.23. The maximum absolute atomic E-state index is 13.6. The van der Waals surface area contributed by atoms with E-state index in [0.29, 0.717) is 12.8 Å². The minimum absolute atomic E-state index is 0.0293. The van der Waals surface area contributed by atoms with Crippen molar-refractivity contribution in [2.24, 2.45) is 34.5 Å². The van der Waals surface area contributed by atoms with Gasteiger partial charge in [0.25, 0.3) is 0 Å². The summed E-state index contributed by atoms with van der Waals surface area (Å²) in [5.74, 6) is -2.21. The van der Waals surface area contributed by atoms with Crippen molar-refractivity contribution < 1.29 is 33.8 Å². The fourth-order valence-corrected chi connectivity index (χ4v) is 7.23. The highest BCUT2D eigenvalue weighted by Crippen LogP contribution is 2.64. The number of rotatable bonds is 5. The van der Waals surface area contributed by atoms with E-state index in [9.17, 15) is 24.3 Å². The third-order valence-electron chi connectivity index (χ3n) is 8.96. The first-order valence-electron chi connectivity index (χ1n) is 12.3. The molecule has 3 aliphatic rings. The monoisotopic (exact) mass is 477 g/mol. The molecule has 8 heteroatoms. The van der Waals surface area contributed by atoms with Gasteiger partial charge in [-0.2, -0.15) is 0 Å². The van der Waals surface area contributed by atoms with E-state index < -0.39 is 29.3 Å². The molecule has 190 valence electrons. The second-order valence-electron chi connectivity index (χ2n) is 10.9. The first-order valence-corrected chi connectivity index (χ1v) is 12.3. The molecule has 0 heterocycles. The van der Waals surface area contributed by atoms with E-state index in [-0.39, 0.29) is 48.1 Å². The van der Waals surface area contributed by atoms with Crippen LogP contribution in [0.25, 0.3) is 0 Å². The summed E-state index contributed by atoms with van der Waals surface area (Å²) in [4.78, 5) is 51.5. The van der Waals surface area contributed by atoms with Crippen molar-refractivity contribution in [2.75, 3.05) is 27.3 Å². The zero-order valence-electron chi connectivity index (χ0n) is 21.3. The maximum Gasteiger partial charge on any atom is 0.311 e. The summed E-state index contributed by atoms with van der Waals surface area (Å²) in [5.41, 5.74) is -0.370. The SMILES string of the molecule is COC(=O)[C@@]1(C)CCC[C@@]2(C)[C@H]1[C@@H](O)C(=O)[C@H]1[C@@H](C)/C(=C/C(=O)N(C)CCOC(C)=O)CC[C@@H]12. The molecule has 3 rings (SSSR count). The molecule has 3 aliphatic carbocycles. The normalized spacial score (nSPS) is 38.5. The van der Waals surface area contributed by atoms with Gasteiger partial charge in [0.2, 0.25) is 5.91 Å². The van der Waals surface area contributed by atoms with Crippen molar-refractivity contribution in [2.45, 2.75) is 65.9 Å². The average molecular weight is 478 g/mol. The van der Waals surface area contributed by atoms with Gasteiger partial charge in [0.05, 0.1) is 19.1 Å². The number of ether oxygens (including phenoxy) is 2. The summed E-state index contributed by atoms with van der Waals surface area (Å²) < 4.78 is 10.0. The van der Waals surface area contributed by atoms with Crippen molar-refractivity contribution in [3.05, 3.63) is 11.6 Å². The Morgan fingerprint density at radius 2 is 1.91 bits per heavy atom. The molecule has 0 aromatic rings. The van der Waals surface area contributed by atoms with Crippen molar-refractivity contribution in [1.29, 1.82) is 0 Å². The van der Waals surface area contributed by atoms with Gasteiger partial charge in [-0.25, -0.2) is 0 Å². The third-order valence-corrected chi connectivity index (χ3v) is 8.96. The minimum Gasteiger partial charge on any atom is -0.469 e. The molecule has 0 aromatic heterocycles. The van der Waals surface area contributed by atoms with Gasteiger partial charge in [-0.1, -0.05) is 25.8 Å². The topological polar surface area (TPSA) is 110 Å². The predicted molar refractivity (Wildman–Crippen MR) is 124 cm³/mol. The molecule has 3 fully saturated rings. The second-order valence-corrected chi connectivity index (χ2v) is 10.9. The van der Waals surface area contributed by atoms with Crippen LogP contribution >= 0.6 is 0 Å². The summed E-state index contributed by atoms with van der Waals surface area (Å²) in [7, 11) is 3.01. The van der Waals surface area contributed by atoms with Crippen LogP contribution < -0.4 is 0 Å². The Hall–Kier alpha value is -2.22. The van der Waals surface area contributed by atoms with Crippen LogP contribution in [-0.4, -0.2) is 67.0 Å². The lowest BCUT2D eigenvalue weighted by molar-refractivity contribution is -0.198. The van der Waals surface area contributed by atoms with Gasteiger partial charge in [-0.05, 0) is 49.9 Å². The summed E-state index contributed by atoms with van der Waals surface area (Å²) >= 11 is 0. The predicted octanol–water partition coefficient (Wildman–Crippen LogP) is 2.53. The van der Waals surface area contributed by atoms with E-state index in [1.54, 1.807) is 13.1 Å². The van der Waals surface area contributed by atoms with Crippen LogP contribution in [0.5, 0.6) is 0 Å². The number of Topliss-reactive ketones (excluding diaryl/α,β-unsaturated/α-hetero) is 1. The minimum atomic E-state index is -1.24. The van der Waals surface area contributed by atoms with Gasteiger partial charge in [0.1, 0.15) is 12.7 Å². The van der Waals surface area contributed by atoms with Gasteiger partial charge in [0, 0.05) is 31.9 Å². The van der Waals surface area contributed by atoms with E-state index in [1.807, 2.05) is 13.8 Å². The van der Waals surface area contributed by atoms with Gasteiger partial charge in [-0.3, -0.25) is 19.2 Å². The van der Waals surface area contributed by atoms with Crippen molar-refractivity contribution in [3.8, 4) is 0 Å². The number of amides is 1. The molecule has 0 aliphatic heterocycles. The number of esters is 2. The molecule has 0 saturated heterocycles. The van der Waals surface area contributed by atoms with E-state index >= 15 is 0 Å². The molecular weight excluding hydrogens is 438 g/mol. The van der Waals surface area contributed by atoms with E-state index in [1.165, 1.54) is 18.9 Å². The standard InChI is InChI=1S/C26H39NO7/c1-15-17(14-19(29)27(5)12-13-34-16(2)28)8-9-18-20(15)21(30)22(31)23-25(18,3)10-7-11-26(23,4)24(32)33-6/h14-15,18,20,22-23,31H,7-13H2,1-6H3/b17-14+/t15-,18-,20-,22-,23+,25+,26-/m0/s1. The Kier molecular flexibility index (Phi) is 7.60. The lowest BCUT2D eigenvalue weighted by Crippen LogP contribution is -2.65. The lowest BCUT2D eigenvalue weighted by atomic mass is 9.42. The van der Waals surface area contributed by atoms with E-state index in [0.717, 1.165) is 24.8 Å². The van der Waals surface area contributed by atoms with Crippen LogP contribution in [0, 0.1) is 34.5 Å². The van der Waals surface area contributed by atoms with Gasteiger partial charge >= 0.3 is 11.9 Å². The number of ketones is 1. The molecule has 1 N–H and O–H groups in total. The first-order chi connectivity index (χ1) is 15.9. The molecule has 0 unspecified atom stereocenters. The van der Waals surface area contributed by atoms with Crippen LogP contribution in [-0.2, 0) is 28.7 Å². The molecule has 8 nitrogen and oxygen atoms in total. The summed E-state index contributed by atoms with van der Waals surface area (Å²) in [5, 5.41) is 11.3. The number of carbonyl (C=O) groups is 4. The average Bonchev–Trinajstić information content (AvgIpc) is 2.77. The molecule has 0 spiro atoms. The smallest absolute Gasteiger partial charge is 0.311 e. The molecule has 1 amide bonds. The number of aliphatic hydroxyl groups excluding tert-OH is 1. The number of carbonyl (C=O) groups excluding carboxylic acids is 4. The quantitative estimate of drug-likeness (QED) is 0.478. The number of likely N-dealkylation sites (N-methyl/N-ethyl adjacent to an activating group) is 1. The molecule has 3 saturated carbocycles. The summed E-state index contributed by atoms with van der Waals surface area (Å²) in [6.07, 6.45) is 4.06. The molecule has 0 aromatic carbocycles. The Morgan fingerprint density at radius 3 is 2.53 bits per heavy atom. The Balaban J connectivity index is 1.85. The highest BCUT2D eigenvalue weighted by Gasteiger charge is 2.66. The zero-order valence-corrected chi connectivity index (χ0v) is 21.3. The summed E-state index contributed by atoms with van der Waals surface area (Å²) in [6, 6.07) is 0. The largest absolute Gasteiger partial charge is 0.469 e. The number of methoxy groups -OCH3 is 1. The lowest BCUT2D eigenvalue weighted by Gasteiger charge is -2.61. The molecule has 7 atom stereocenters. The van der Waals surface area contributed by atoms with Crippen LogP contribution in [0.3, 0.4) is 0 Å². The van der Waals surface area contributed by atoms with Crippen LogP contribution in [0.4, 0.5) is 0 Å². The highest BCUT2D eigenvalue weighted by molar-refractivity contribution is 5.91. The van der Waals surface area contributed by atoms with Gasteiger partial charge in [-0.15, -0.1) is 0 Å². The van der Waals surface area contributed by atoms with Gasteiger partial charge in [0.15, 0.2) is 5.78 Å². The highest BCUT2D eigenvalue weighted by atomic mass is 16.5. The van der Waals surface area contributed by atoms with E-state index in [4.69, 9.17) is 9.47 Å². The van der Waals surface area contributed by atoms with Crippen molar-refractivity contribution in [1.82, 2.24) is 4.90 Å². The number of allylic oxidation sites excluding steroid dienone is 1. The first kappa shape index (κ1) is 26.4. The van der Waals surface area contributed by atoms with Crippen molar-refractivity contribution >= 4 is 23.6 Å². The Morgan fingerprint density at radius 1 is 1.24 bits per heavy atom. The molecular formula is C26H39NO7. The molecule has 0 bridgehead atoms. The molecule has 34 heavy (non-hydrogen) atoms. The Labute approximate surface area is 202 Å². The maximum atomic E-state index is 13.6. The fraction of sp³-hybridized carbons (Fsp3) is 0.769. The number of nitrogens with zero attached hydrogens (tertiary/aromatic N) is 1. The van der Waals surface area contributed by atoms with Crippen LogP contribution in [0.2, 0.25) is 0 Å². The number of hydrogen-bond acceptors (Lipinski definition) is 7. The summed E-state index contributed by atoms with van der Waals surface area (Å²) in [6.45, 7) is 7.66.